The zero-order valence-corrected chi connectivity index (χ0v) is 10.2. The Morgan fingerprint density at radius 3 is 2.88 bits per heavy atom. The first-order valence-electron chi connectivity index (χ1n) is 4.74. The van der Waals surface area contributed by atoms with Crippen molar-refractivity contribution < 1.29 is 9.90 Å². The number of hydrogen-bond acceptors (Lipinski definition) is 1. The molecular formula is C12H10BrNO2. The molecule has 0 bridgehead atoms. The van der Waals surface area contributed by atoms with Crippen LogP contribution in [0, 0.1) is 0 Å². The predicted octanol–water partition coefficient (Wildman–Crippen LogP) is 3.04. The first-order chi connectivity index (χ1) is 7.59. The Bertz CT molecular complexity index is 584. The molecule has 0 aliphatic heterocycles. The van der Waals surface area contributed by atoms with Gasteiger partial charge in [-0.3, -0.25) is 0 Å². The molecule has 0 amide bonds. The molecule has 0 saturated heterocycles. The second kappa shape index (κ2) is 4.14. The maximum Gasteiger partial charge on any atom is 0.328 e. The third kappa shape index (κ3) is 1.88. The number of aryl methyl sites for hydroxylation is 1. The first kappa shape index (κ1) is 11.0. The van der Waals surface area contributed by atoms with Gasteiger partial charge in [0.2, 0.25) is 0 Å². The van der Waals surface area contributed by atoms with Crippen LogP contribution < -0.4 is 0 Å². The van der Waals surface area contributed by atoms with Gasteiger partial charge in [-0.15, -0.1) is 0 Å². The van der Waals surface area contributed by atoms with Crippen molar-refractivity contribution >= 4 is 38.9 Å². The maximum absolute atomic E-state index is 10.5. The minimum Gasteiger partial charge on any atom is -0.478 e. The van der Waals surface area contributed by atoms with Crippen molar-refractivity contribution in [3.05, 3.63) is 40.5 Å². The van der Waals surface area contributed by atoms with Crippen LogP contribution >= 0.6 is 15.9 Å². The van der Waals surface area contributed by atoms with Gasteiger partial charge >= 0.3 is 5.97 Å². The number of carboxylic acids is 1. The molecule has 0 aliphatic carbocycles. The highest BCUT2D eigenvalue weighted by Gasteiger charge is 2.06. The summed E-state index contributed by atoms with van der Waals surface area (Å²) in [7, 11) is 1.91. The van der Waals surface area contributed by atoms with Crippen LogP contribution in [0.2, 0.25) is 0 Å². The molecule has 2 aromatic rings. The van der Waals surface area contributed by atoms with Gasteiger partial charge in [-0.1, -0.05) is 12.1 Å². The highest BCUT2D eigenvalue weighted by molar-refractivity contribution is 9.10. The van der Waals surface area contributed by atoms with E-state index in [0.29, 0.717) is 0 Å². The average Bonchev–Trinajstić information content (AvgIpc) is 2.54. The van der Waals surface area contributed by atoms with E-state index < -0.39 is 5.97 Å². The van der Waals surface area contributed by atoms with E-state index >= 15 is 0 Å². The molecule has 0 radical (unpaired) electrons. The molecule has 1 N–H and O–H groups in total. The lowest BCUT2D eigenvalue weighted by molar-refractivity contribution is -0.131. The summed E-state index contributed by atoms with van der Waals surface area (Å²) in [6.45, 7) is 0. The average molecular weight is 280 g/mol. The van der Waals surface area contributed by atoms with Crippen molar-refractivity contribution in [1.29, 1.82) is 0 Å². The van der Waals surface area contributed by atoms with Crippen LogP contribution in [0.4, 0.5) is 0 Å². The molecule has 0 aliphatic rings. The Labute approximate surface area is 101 Å². The molecule has 0 unspecified atom stereocenters. The van der Waals surface area contributed by atoms with Gasteiger partial charge in [0.25, 0.3) is 0 Å². The van der Waals surface area contributed by atoms with Gasteiger partial charge in [-0.25, -0.2) is 4.79 Å². The maximum atomic E-state index is 10.5. The van der Waals surface area contributed by atoms with E-state index in [1.807, 2.05) is 35.9 Å². The predicted molar refractivity (Wildman–Crippen MR) is 67.3 cm³/mol. The number of halogens is 1. The summed E-state index contributed by atoms with van der Waals surface area (Å²) >= 11 is 3.48. The molecule has 0 saturated carbocycles. The highest BCUT2D eigenvalue weighted by Crippen LogP contribution is 2.26. The van der Waals surface area contributed by atoms with E-state index in [0.717, 1.165) is 27.1 Å². The van der Waals surface area contributed by atoms with Crippen molar-refractivity contribution in [2.75, 3.05) is 0 Å². The Kier molecular flexibility index (Phi) is 2.83. The lowest BCUT2D eigenvalue weighted by Gasteiger charge is -2.00. The summed E-state index contributed by atoms with van der Waals surface area (Å²) in [6.07, 6.45) is 2.73. The van der Waals surface area contributed by atoms with Crippen LogP contribution in [0.5, 0.6) is 0 Å². The Balaban J connectivity index is 2.61. The van der Waals surface area contributed by atoms with Crippen molar-refractivity contribution in [1.82, 2.24) is 4.57 Å². The molecule has 3 nitrogen and oxygen atoms in total. The van der Waals surface area contributed by atoms with Gasteiger partial charge in [0, 0.05) is 28.7 Å². The summed E-state index contributed by atoms with van der Waals surface area (Å²) in [5.41, 5.74) is 1.93. The molecule has 1 aromatic heterocycles. The number of carbonyl (C=O) groups is 1. The largest absolute Gasteiger partial charge is 0.478 e. The van der Waals surface area contributed by atoms with Gasteiger partial charge < -0.3 is 9.67 Å². The van der Waals surface area contributed by atoms with Crippen LogP contribution in [-0.4, -0.2) is 15.6 Å². The van der Waals surface area contributed by atoms with Crippen molar-refractivity contribution in [3.63, 3.8) is 0 Å². The van der Waals surface area contributed by atoms with E-state index in [1.165, 1.54) is 0 Å². The van der Waals surface area contributed by atoms with E-state index in [-0.39, 0.29) is 0 Å². The quantitative estimate of drug-likeness (QED) is 0.859. The Morgan fingerprint density at radius 2 is 2.25 bits per heavy atom. The zero-order valence-electron chi connectivity index (χ0n) is 8.64. The topological polar surface area (TPSA) is 42.2 Å². The molecule has 16 heavy (non-hydrogen) atoms. The Hall–Kier alpha value is -1.55. The third-order valence-corrected chi connectivity index (χ3v) is 3.08. The monoisotopic (exact) mass is 279 g/mol. The van der Waals surface area contributed by atoms with Crippen LogP contribution in [-0.2, 0) is 11.8 Å². The number of para-hydroxylation sites is 1. The summed E-state index contributed by atoms with van der Waals surface area (Å²) < 4.78 is 2.96. The molecule has 82 valence electrons. The fraction of sp³-hybridized carbons (Fsp3) is 0.0833. The van der Waals surface area contributed by atoms with Crippen molar-refractivity contribution in [3.8, 4) is 0 Å². The van der Waals surface area contributed by atoms with Crippen molar-refractivity contribution in [2.45, 2.75) is 0 Å². The molecule has 2 rings (SSSR count). The van der Waals surface area contributed by atoms with Gasteiger partial charge in [-0.2, -0.15) is 0 Å². The first-order valence-corrected chi connectivity index (χ1v) is 5.54. The number of nitrogens with zero attached hydrogens (tertiary/aromatic N) is 1. The smallest absolute Gasteiger partial charge is 0.328 e. The zero-order chi connectivity index (χ0) is 11.7. The minimum absolute atomic E-state index is 0.865. The lowest BCUT2D eigenvalue weighted by atomic mass is 10.2. The summed E-state index contributed by atoms with van der Waals surface area (Å²) in [5, 5.41) is 9.67. The van der Waals surface area contributed by atoms with E-state index in [2.05, 4.69) is 15.9 Å². The van der Waals surface area contributed by atoms with Crippen LogP contribution in [0.3, 0.4) is 0 Å². The third-order valence-electron chi connectivity index (χ3n) is 2.44. The molecule has 0 atom stereocenters. The Morgan fingerprint density at radius 1 is 1.50 bits per heavy atom. The number of benzene rings is 1. The molecule has 0 fully saturated rings. The second-order valence-electron chi connectivity index (χ2n) is 3.48. The van der Waals surface area contributed by atoms with Crippen LogP contribution in [0.25, 0.3) is 17.0 Å². The van der Waals surface area contributed by atoms with Crippen LogP contribution in [0.15, 0.2) is 34.8 Å². The van der Waals surface area contributed by atoms with Gasteiger partial charge in [-0.05, 0) is 34.1 Å². The fourth-order valence-corrected chi connectivity index (χ4v) is 2.35. The van der Waals surface area contributed by atoms with Crippen molar-refractivity contribution in [2.24, 2.45) is 7.05 Å². The number of carboxylic acid groups (broad SMARTS) is 1. The summed E-state index contributed by atoms with van der Waals surface area (Å²) in [6, 6.07) is 7.88. The van der Waals surface area contributed by atoms with E-state index in [4.69, 9.17) is 5.11 Å². The summed E-state index contributed by atoms with van der Waals surface area (Å²) in [5.74, 6) is -0.940. The molecule has 1 heterocycles. The normalized spacial score (nSPS) is 11.4. The number of hydrogen-bond donors (Lipinski definition) is 1. The van der Waals surface area contributed by atoms with E-state index in [1.54, 1.807) is 6.08 Å². The lowest BCUT2D eigenvalue weighted by Crippen LogP contribution is -1.92. The molecule has 1 aromatic carbocycles. The number of fused-ring (bicyclic) bond motifs is 1. The molecule has 4 heteroatoms. The minimum atomic E-state index is -0.940. The molecule has 0 spiro atoms. The standard InChI is InChI=1S/C12H10BrNO2/c1-14-9(5-6-11(15)16)7-8-3-2-4-10(13)12(8)14/h2-7H,1H3,(H,15,16). The van der Waals surface area contributed by atoms with Gasteiger partial charge in [0.1, 0.15) is 0 Å². The SMILES string of the molecule is Cn1c(C=CC(=O)O)cc2cccc(Br)c21. The van der Waals surface area contributed by atoms with Crippen LogP contribution in [0.1, 0.15) is 5.69 Å². The number of aromatic nitrogens is 1. The van der Waals surface area contributed by atoms with Gasteiger partial charge in [0.15, 0.2) is 0 Å². The fourth-order valence-electron chi connectivity index (χ4n) is 1.70. The second-order valence-corrected chi connectivity index (χ2v) is 4.33. The number of aliphatic carboxylic acids is 1. The summed E-state index contributed by atoms with van der Waals surface area (Å²) in [4.78, 5) is 10.5. The highest BCUT2D eigenvalue weighted by atomic mass is 79.9. The molecular weight excluding hydrogens is 270 g/mol. The van der Waals surface area contributed by atoms with Gasteiger partial charge in [0.05, 0.1) is 5.52 Å². The number of rotatable bonds is 2. The van der Waals surface area contributed by atoms with E-state index in [9.17, 15) is 4.79 Å².